The summed E-state index contributed by atoms with van der Waals surface area (Å²) in [6.45, 7) is 20.7. The first kappa shape index (κ1) is 48.1. The summed E-state index contributed by atoms with van der Waals surface area (Å²) in [5, 5.41) is 0. The minimum absolute atomic E-state index is 0.706. The zero-order valence-corrected chi connectivity index (χ0v) is 40.3. The molecule has 4 rings (SSSR count). The van der Waals surface area contributed by atoms with Crippen LogP contribution in [0.4, 0.5) is 0 Å². The van der Waals surface area contributed by atoms with E-state index < -0.39 is 16.1 Å². The Morgan fingerprint density at radius 1 is 0.441 bits per heavy atom. The molecule has 0 aliphatic carbocycles. The van der Waals surface area contributed by atoms with Gasteiger partial charge in [0.1, 0.15) is 11.5 Å². The van der Waals surface area contributed by atoms with E-state index in [-0.39, 0.29) is 0 Å². The van der Waals surface area contributed by atoms with Crippen molar-refractivity contribution in [2.75, 3.05) is 13.2 Å². The Balaban J connectivity index is 1.51. The van der Waals surface area contributed by atoms with Crippen LogP contribution in [-0.4, -0.2) is 49.3 Å². The van der Waals surface area contributed by atoms with E-state index in [9.17, 15) is 0 Å². The molecule has 0 saturated heterocycles. The number of hydrogen-bond donors (Lipinski definition) is 0. The van der Waals surface area contributed by atoms with Gasteiger partial charge < -0.3 is 14.2 Å². The molecule has 0 aliphatic rings. The van der Waals surface area contributed by atoms with E-state index in [4.69, 9.17) is 34.1 Å². The Hall–Kier alpha value is -3.57. The molecule has 0 radical (unpaired) electrons. The molecular weight excluding hydrogens is 761 g/mol. The Bertz CT molecular complexity index is 1630. The van der Waals surface area contributed by atoms with Gasteiger partial charge in [-0.1, -0.05) is 142 Å². The van der Waals surface area contributed by atoms with Crippen LogP contribution >= 0.6 is 0 Å². The summed E-state index contributed by atoms with van der Waals surface area (Å²) in [7, 11) is -2.25. The molecule has 0 atom stereocenters. The van der Waals surface area contributed by atoms with Crippen molar-refractivity contribution in [3.8, 4) is 45.8 Å². The van der Waals surface area contributed by atoms with Crippen molar-refractivity contribution in [2.45, 2.75) is 181 Å². The first-order valence-electron chi connectivity index (χ1n) is 23.3. The van der Waals surface area contributed by atoms with Gasteiger partial charge in [0.2, 0.25) is 0 Å². The molecule has 2 aromatic carbocycles. The van der Waals surface area contributed by atoms with Gasteiger partial charge in [0.05, 0.1) is 38.0 Å². The van der Waals surface area contributed by atoms with Crippen LogP contribution in [0.5, 0.6) is 23.0 Å². The van der Waals surface area contributed by atoms with Gasteiger partial charge in [0.15, 0.2) is 23.1 Å². The van der Waals surface area contributed by atoms with Crippen LogP contribution in [0.2, 0.25) is 51.4 Å². The summed E-state index contributed by atoms with van der Waals surface area (Å²) in [4.78, 5) is 18.9. The summed E-state index contributed by atoms with van der Waals surface area (Å²) in [6, 6.07) is 15.5. The molecule has 7 nitrogen and oxygen atoms in total. The van der Waals surface area contributed by atoms with Gasteiger partial charge in [-0.05, 0) is 86.1 Å². The minimum Gasteiger partial charge on any atom is -0.490 e. The highest BCUT2D eigenvalue weighted by Crippen LogP contribution is 2.35. The molecule has 0 bridgehead atoms. The maximum absolute atomic E-state index is 6.92. The highest BCUT2D eigenvalue weighted by Gasteiger charge is 2.17. The molecule has 324 valence electrons. The maximum Gasteiger partial charge on any atom is 0.159 e. The summed E-state index contributed by atoms with van der Waals surface area (Å²) >= 11 is 0. The lowest BCUT2D eigenvalue weighted by Gasteiger charge is -2.18. The molecule has 0 N–H and O–H groups in total. The van der Waals surface area contributed by atoms with Crippen LogP contribution in [0.3, 0.4) is 0 Å². The standard InChI is InChI=1S/C50H78N4O3Si2/c1-9-11-13-15-17-21-31-55-45-37-51-49(52-38-45)43-27-29-47(41(35-43)25-19-23-33-58(3,4)5)57-48-30-28-44(36-42(48)26-20-24-34-59(6,7)8)50-53-39-46(40-54-50)56-32-22-18-16-14-12-10-2/h27-30,35-40H,9-26,31-34H2,1-8H3. The van der Waals surface area contributed by atoms with Crippen LogP contribution in [0.15, 0.2) is 61.2 Å². The first-order valence-corrected chi connectivity index (χ1v) is 30.7. The van der Waals surface area contributed by atoms with E-state index in [2.05, 4.69) is 89.5 Å². The number of aromatic nitrogens is 4. The number of unbranched alkanes of at least 4 members (excludes halogenated alkanes) is 12. The van der Waals surface area contributed by atoms with Crippen LogP contribution < -0.4 is 14.2 Å². The predicted molar refractivity (Wildman–Crippen MR) is 255 cm³/mol. The van der Waals surface area contributed by atoms with Gasteiger partial charge in [-0.2, -0.15) is 0 Å². The molecule has 0 unspecified atom stereocenters. The first-order chi connectivity index (χ1) is 28.4. The zero-order valence-electron chi connectivity index (χ0n) is 38.3. The van der Waals surface area contributed by atoms with Crippen LogP contribution in [0, 0.1) is 0 Å². The van der Waals surface area contributed by atoms with Crippen LogP contribution in [0.1, 0.15) is 128 Å². The lowest BCUT2D eigenvalue weighted by atomic mass is 10.0. The fourth-order valence-corrected chi connectivity index (χ4v) is 9.93. The van der Waals surface area contributed by atoms with Gasteiger partial charge >= 0.3 is 0 Å². The van der Waals surface area contributed by atoms with E-state index in [1.807, 2.05) is 24.8 Å². The highest BCUT2D eigenvalue weighted by atomic mass is 28.3. The highest BCUT2D eigenvalue weighted by molar-refractivity contribution is 6.76. The van der Waals surface area contributed by atoms with Crippen molar-refractivity contribution in [3.63, 3.8) is 0 Å². The maximum atomic E-state index is 6.92. The number of hydrogen-bond acceptors (Lipinski definition) is 7. The summed E-state index contributed by atoms with van der Waals surface area (Å²) in [6.07, 6.45) is 28.7. The number of nitrogens with zero attached hydrogens (tertiary/aromatic N) is 4. The second kappa shape index (κ2) is 25.9. The molecule has 59 heavy (non-hydrogen) atoms. The van der Waals surface area contributed by atoms with Crippen molar-refractivity contribution >= 4 is 16.1 Å². The van der Waals surface area contributed by atoms with Gasteiger partial charge in [-0.3, -0.25) is 0 Å². The fraction of sp³-hybridized carbons (Fsp3) is 0.600. The second-order valence-corrected chi connectivity index (χ2v) is 30.2. The number of rotatable bonds is 30. The topological polar surface area (TPSA) is 79.2 Å². The van der Waals surface area contributed by atoms with Gasteiger partial charge in [0, 0.05) is 27.3 Å². The summed E-state index contributed by atoms with van der Waals surface area (Å²) in [5.74, 6) is 4.68. The molecule has 4 aromatic rings. The SMILES string of the molecule is CCCCCCCCOc1cnc(-c2ccc(Oc3ccc(-c4ncc(OCCCCCCCC)cn4)cc3CCCC[Si](C)(C)C)c(CCCC[Si](C)(C)C)c2)nc1. The van der Waals surface area contributed by atoms with Crippen molar-refractivity contribution < 1.29 is 14.2 Å². The van der Waals surface area contributed by atoms with Gasteiger partial charge in [-0.15, -0.1) is 0 Å². The molecule has 0 fully saturated rings. The Morgan fingerprint density at radius 2 is 0.814 bits per heavy atom. The van der Waals surface area contributed by atoms with Crippen LogP contribution in [0.25, 0.3) is 22.8 Å². The third kappa shape index (κ3) is 19.1. The second-order valence-electron chi connectivity index (χ2n) is 19.0. The zero-order chi connectivity index (χ0) is 42.4. The third-order valence-electron chi connectivity index (χ3n) is 10.9. The molecular formula is C50H78N4O3Si2. The molecule has 0 amide bonds. The molecule has 2 aromatic heterocycles. The minimum atomic E-state index is -1.12. The summed E-state index contributed by atoms with van der Waals surface area (Å²) in [5.41, 5.74) is 4.38. The number of aryl methyl sites for hydroxylation is 2. The largest absolute Gasteiger partial charge is 0.490 e. The molecule has 9 heteroatoms. The molecule has 2 heterocycles. The normalized spacial score (nSPS) is 11.9. The monoisotopic (exact) mass is 839 g/mol. The van der Waals surface area contributed by atoms with E-state index in [1.54, 1.807) is 0 Å². The van der Waals surface area contributed by atoms with Crippen molar-refractivity contribution in [1.29, 1.82) is 0 Å². The van der Waals surface area contributed by atoms with Gasteiger partial charge in [-0.25, -0.2) is 19.9 Å². The average Bonchev–Trinajstić information content (AvgIpc) is 3.21. The molecule has 0 spiro atoms. The third-order valence-corrected chi connectivity index (χ3v) is 14.6. The predicted octanol–water partition coefficient (Wildman–Crippen LogP) is 15.2. The van der Waals surface area contributed by atoms with E-state index in [1.165, 1.54) is 100 Å². The van der Waals surface area contributed by atoms with E-state index >= 15 is 0 Å². The van der Waals surface area contributed by atoms with Crippen LogP contribution in [-0.2, 0) is 12.8 Å². The van der Waals surface area contributed by atoms with Crippen molar-refractivity contribution in [3.05, 3.63) is 72.3 Å². The number of benzene rings is 2. The summed E-state index contributed by atoms with van der Waals surface area (Å²) < 4.78 is 18.9. The number of ether oxygens (including phenoxy) is 3. The smallest absolute Gasteiger partial charge is 0.159 e. The Morgan fingerprint density at radius 3 is 1.19 bits per heavy atom. The molecule has 0 saturated carbocycles. The Kier molecular flexibility index (Phi) is 21.1. The van der Waals surface area contributed by atoms with Crippen molar-refractivity contribution in [2.24, 2.45) is 0 Å². The quantitative estimate of drug-likeness (QED) is 0.0382. The molecule has 0 aliphatic heterocycles. The lowest BCUT2D eigenvalue weighted by molar-refractivity contribution is 0.302. The lowest BCUT2D eigenvalue weighted by Crippen LogP contribution is -2.18. The van der Waals surface area contributed by atoms with Gasteiger partial charge in [0.25, 0.3) is 0 Å². The Labute approximate surface area is 361 Å². The van der Waals surface area contributed by atoms with E-state index in [0.717, 1.165) is 72.6 Å². The fourth-order valence-electron chi connectivity index (χ4n) is 7.31. The average molecular weight is 839 g/mol. The van der Waals surface area contributed by atoms with E-state index in [0.29, 0.717) is 24.9 Å². The van der Waals surface area contributed by atoms with Crippen molar-refractivity contribution in [1.82, 2.24) is 19.9 Å².